The van der Waals surface area contributed by atoms with Gasteiger partial charge in [-0.2, -0.15) is 0 Å². The van der Waals surface area contributed by atoms with Gasteiger partial charge >= 0.3 is 5.97 Å². The number of ether oxygens (including phenoxy) is 1. The molecule has 2 aliphatic rings. The summed E-state index contributed by atoms with van der Waals surface area (Å²) in [5, 5.41) is 0. The van der Waals surface area contributed by atoms with Crippen LogP contribution in [0, 0.1) is 11.3 Å². The van der Waals surface area contributed by atoms with Crippen molar-refractivity contribution in [3.05, 3.63) is 11.6 Å². The standard InChI is InChI=1S/C13H20O2/c1-10(14)15-9-11-3-5-12(6-4-11)13(2)7-8-13/h3,12H,4-9H2,1-2H3/t12-/m1/s1. The highest BCUT2D eigenvalue weighted by atomic mass is 16.5. The quantitative estimate of drug-likeness (QED) is 0.526. The molecular formula is C13H20O2. The van der Waals surface area contributed by atoms with Crippen LogP contribution in [0.5, 0.6) is 0 Å². The van der Waals surface area contributed by atoms with Crippen molar-refractivity contribution >= 4 is 5.97 Å². The van der Waals surface area contributed by atoms with Crippen molar-refractivity contribution in [3.8, 4) is 0 Å². The third kappa shape index (κ3) is 2.61. The van der Waals surface area contributed by atoms with Crippen LogP contribution in [0.4, 0.5) is 0 Å². The fourth-order valence-electron chi connectivity index (χ4n) is 2.45. The SMILES string of the molecule is CC(=O)OCC1=CC[C@@H](C2(C)CC2)CC1. The number of rotatable bonds is 3. The van der Waals surface area contributed by atoms with Gasteiger partial charge in [-0.05, 0) is 49.0 Å². The lowest BCUT2D eigenvalue weighted by molar-refractivity contribution is -0.140. The first-order chi connectivity index (χ1) is 7.10. The lowest BCUT2D eigenvalue weighted by atomic mass is 9.79. The third-order valence-corrected chi connectivity index (χ3v) is 3.99. The normalized spacial score (nSPS) is 28.1. The largest absolute Gasteiger partial charge is 0.461 e. The molecule has 0 aliphatic heterocycles. The molecule has 0 aromatic rings. The van der Waals surface area contributed by atoms with E-state index in [0.717, 1.165) is 12.3 Å². The molecule has 1 saturated carbocycles. The van der Waals surface area contributed by atoms with Crippen LogP contribution in [0.2, 0.25) is 0 Å². The Morgan fingerprint density at radius 1 is 1.60 bits per heavy atom. The molecule has 2 heteroatoms. The maximum Gasteiger partial charge on any atom is 0.302 e. The van der Waals surface area contributed by atoms with Gasteiger partial charge in [-0.25, -0.2) is 0 Å². The van der Waals surface area contributed by atoms with Gasteiger partial charge in [-0.15, -0.1) is 0 Å². The molecule has 0 heterocycles. The number of carbonyl (C=O) groups excluding carboxylic acids is 1. The van der Waals surface area contributed by atoms with E-state index in [9.17, 15) is 4.79 Å². The van der Waals surface area contributed by atoms with Gasteiger partial charge in [0.1, 0.15) is 6.61 Å². The van der Waals surface area contributed by atoms with Crippen LogP contribution < -0.4 is 0 Å². The van der Waals surface area contributed by atoms with Crippen LogP contribution in [0.25, 0.3) is 0 Å². The molecule has 0 radical (unpaired) electrons. The van der Waals surface area contributed by atoms with Gasteiger partial charge in [0.2, 0.25) is 0 Å². The molecule has 84 valence electrons. The van der Waals surface area contributed by atoms with Gasteiger partial charge in [-0.3, -0.25) is 4.79 Å². The maximum absolute atomic E-state index is 10.7. The van der Waals surface area contributed by atoms with Crippen LogP contribution in [-0.2, 0) is 9.53 Å². The summed E-state index contributed by atoms with van der Waals surface area (Å²) in [5.74, 6) is 0.700. The topological polar surface area (TPSA) is 26.3 Å². The van der Waals surface area contributed by atoms with E-state index in [4.69, 9.17) is 4.74 Å². The number of esters is 1. The van der Waals surface area contributed by atoms with E-state index in [-0.39, 0.29) is 5.97 Å². The van der Waals surface area contributed by atoms with Gasteiger partial charge in [0.25, 0.3) is 0 Å². The van der Waals surface area contributed by atoms with Crippen LogP contribution in [0.15, 0.2) is 11.6 Å². The molecule has 0 unspecified atom stereocenters. The highest BCUT2D eigenvalue weighted by Gasteiger charge is 2.44. The van der Waals surface area contributed by atoms with Crippen molar-refractivity contribution in [3.63, 3.8) is 0 Å². The van der Waals surface area contributed by atoms with Crippen molar-refractivity contribution in [2.75, 3.05) is 6.61 Å². The summed E-state index contributed by atoms with van der Waals surface area (Å²) in [6.45, 7) is 4.39. The number of allylic oxidation sites excluding steroid dienone is 1. The van der Waals surface area contributed by atoms with Crippen LogP contribution in [-0.4, -0.2) is 12.6 Å². The van der Waals surface area contributed by atoms with Gasteiger partial charge in [-0.1, -0.05) is 13.0 Å². The van der Waals surface area contributed by atoms with Gasteiger partial charge in [0.15, 0.2) is 0 Å². The summed E-state index contributed by atoms with van der Waals surface area (Å²) in [6, 6.07) is 0. The molecular weight excluding hydrogens is 188 g/mol. The summed E-state index contributed by atoms with van der Waals surface area (Å²) in [7, 11) is 0. The second-order valence-corrected chi connectivity index (χ2v) is 5.27. The summed E-state index contributed by atoms with van der Waals surface area (Å²) in [5.41, 5.74) is 1.95. The van der Waals surface area contributed by atoms with Crippen LogP contribution in [0.1, 0.15) is 46.0 Å². The van der Waals surface area contributed by atoms with E-state index < -0.39 is 0 Å². The highest BCUT2D eigenvalue weighted by Crippen LogP contribution is 2.55. The van der Waals surface area contributed by atoms with Crippen LogP contribution >= 0.6 is 0 Å². The van der Waals surface area contributed by atoms with Crippen molar-refractivity contribution in [2.45, 2.75) is 46.0 Å². The van der Waals surface area contributed by atoms with Crippen LogP contribution in [0.3, 0.4) is 0 Å². The summed E-state index contributed by atoms with van der Waals surface area (Å²) in [6.07, 6.45) is 8.69. The van der Waals surface area contributed by atoms with E-state index >= 15 is 0 Å². The Kier molecular flexibility index (Phi) is 2.85. The van der Waals surface area contributed by atoms with E-state index in [1.165, 1.54) is 38.2 Å². The van der Waals surface area contributed by atoms with Crippen molar-refractivity contribution in [2.24, 2.45) is 11.3 Å². The van der Waals surface area contributed by atoms with Crippen molar-refractivity contribution in [1.29, 1.82) is 0 Å². The Balaban J connectivity index is 1.81. The maximum atomic E-state index is 10.7. The molecule has 1 fully saturated rings. The van der Waals surface area contributed by atoms with Crippen molar-refractivity contribution in [1.82, 2.24) is 0 Å². The Hall–Kier alpha value is -0.790. The average molecular weight is 208 g/mol. The fourth-order valence-corrected chi connectivity index (χ4v) is 2.45. The first-order valence-electron chi connectivity index (χ1n) is 5.91. The zero-order chi connectivity index (χ0) is 10.9. The van der Waals surface area contributed by atoms with Crippen molar-refractivity contribution < 1.29 is 9.53 Å². The van der Waals surface area contributed by atoms with E-state index in [2.05, 4.69) is 13.0 Å². The lowest BCUT2D eigenvalue weighted by Gasteiger charge is -2.27. The molecule has 2 rings (SSSR count). The molecule has 0 bridgehead atoms. The molecule has 2 aliphatic carbocycles. The Labute approximate surface area is 91.7 Å². The zero-order valence-corrected chi connectivity index (χ0v) is 9.71. The molecule has 1 atom stereocenters. The minimum absolute atomic E-state index is 0.174. The van der Waals surface area contributed by atoms with E-state index in [0.29, 0.717) is 12.0 Å². The smallest absolute Gasteiger partial charge is 0.302 e. The molecule has 15 heavy (non-hydrogen) atoms. The highest BCUT2D eigenvalue weighted by molar-refractivity contribution is 5.66. The zero-order valence-electron chi connectivity index (χ0n) is 9.71. The second-order valence-electron chi connectivity index (χ2n) is 5.27. The summed E-state index contributed by atoms with van der Waals surface area (Å²) in [4.78, 5) is 10.7. The van der Waals surface area contributed by atoms with E-state index in [1.54, 1.807) is 0 Å². The Morgan fingerprint density at radius 3 is 2.80 bits per heavy atom. The fraction of sp³-hybridized carbons (Fsp3) is 0.769. The summed E-state index contributed by atoms with van der Waals surface area (Å²) >= 11 is 0. The third-order valence-electron chi connectivity index (χ3n) is 3.99. The first kappa shape index (κ1) is 10.7. The minimum Gasteiger partial charge on any atom is -0.461 e. The number of hydrogen-bond donors (Lipinski definition) is 0. The molecule has 2 nitrogen and oxygen atoms in total. The molecule has 0 N–H and O–H groups in total. The molecule has 0 aromatic carbocycles. The summed E-state index contributed by atoms with van der Waals surface area (Å²) < 4.78 is 5.01. The molecule has 0 amide bonds. The minimum atomic E-state index is -0.174. The Morgan fingerprint density at radius 2 is 2.33 bits per heavy atom. The lowest BCUT2D eigenvalue weighted by Crippen LogP contribution is -2.17. The first-order valence-corrected chi connectivity index (χ1v) is 5.91. The number of carbonyl (C=O) groups is 1. The molecule has 0 spiro atoms. The predicted molar refractivity (Wildman–Crippen MR) is 59.4 cm³/mol. The van der Waals surface area contributed by atoms with Gasteiger partial charge in [0.05, 0.1) is 0 Å². The number of hydrogen-bond acceptors (Lipinski definition) is 2. The Bertz CT molecular complexity index is 287. The second kappa shape index (κ2) is 3.99. The molecule has 0 aromatic heterocycles. The monoisotopic (exact) mass is 208 g/mol. The van der Waals surface area contributed by atoms with Gasteiger partial charge < -0.3 is 4.74 Å². The molecule has 0 saturated heterocycles. The average Bonchev–Trinajstić information content (AvgIpc) is 2.96. The van der Waals surface area contributed by atoms with E-state index in [1.807, 2.05) is 0 Å². The van der Waals surface area contributed by atoms with Gasteiger partial charge in [0, 0.05) is 6.92 Å². The predicted octanol–water partition coefficient (Wildman–Crippen LogP) is 3.08.